The number of carbonyl (C=O) groups is 1. The maximum absolute atomic E-state index is 10.4. The molecule has 0 rings (SSSR count). The second-order valence-corrected chi connectivity index (χ2v) is 6.80. The lowest BCUT2D eigenvalue weighted by molar-refractivity contribution is -0.137. The second kappa shape index (κ2) is 20.7. The highest BCUT2D eigenvalue weighted by Crippen LogP contribution is 2.12. The Balaban J connectivity index is 3.13. The Kier molecular flexibility index (Phi) is 19.6. The van der Waals surface area contributed by atoms with Crippen LogP contribution in [0.3, 0.4) is 0 Å². The molecule has 0 atom stereocenters. The molecule has 144 valence electrons. The van der Waals surface area contributed by atoms with Gasteiger partial charge in [0.15, 0.2) is 0 Å². The van der Waals surface area contributed by atoms with Crippen molar-refractivity contribution in [1.29, 1.82) is 0 Å². The van der Waals surface area contributed by atoms with Gasteiger partial charge in [0, 0.05) is 6.42 Å². The van der Waals surface area contributed by atoms with E-state index in [1.54, 1.807) is 0 Å². The number of hydrogen-bond acceptors (Lipinski definition) is 1. The van der Waals surface area contributed by atoms with Crippen molar-refractivity contribution in [2.75, 3.05) is 0 Å². The fraction of sp³-hybridized carbons (Fsp3) is 0.696. The van der Waals surface area contributed by atoms with Gasteiger partial charge in [-0.15, -0.1) is 0 Å². The molecule has 2 nitrogen and oxygen atoms in total. The Morgan fingerprint density at radius 2 is 1.08 bits per heavy atom. The number of carboxylic acid groups (broad SMARTS) is 1. The molecule has 0 saturated heterocycles. The second-order valence-electron chi connectivity index (χ2n) is 6.80. The first-order chi connectivity index (χ1) is 12.3. The Bertz CT molecular complexity index is 366. The summed E-state index contributed by atoms with van der Waals surface area (Å²) >= 11 is 0. The van der Waals surface area contributed by atoms with Crippen molar-refractivity contribution in [2.45, 2.75) is 103 Å². The molecule has 0 heterocycles. The third-order valence-corrected chi connectivity index (χ3v) is 4.37. The van der Waals surface area contributed by atoms with Gasteiger partial charge >= 0.3 is 5.97 Å². The van der Waals surface area contributed by atoms with Crippen LogP contribution in [0.2, 0.25) is 0 Å². The highest BCUT2D eigenvalue weighted by Gasteiger charge is 1.96. The predicted octanol–water partition coefficient (Wildman–Crippen LogP) is 7.61. The first-order valence-corrected chi connectivity index (χ1v) is 10.4. The van der Waals surface area contributed by atoms with E-state index < -0.39 is 5.97 Å². The molecule has 25 heavy (non-hydrogen) atoms. The number of carboxylic acids is 1. The van der Waals surface area contributed by atoms with Gasteiger partial charge in [0.05, 0.1) is 0 Å². The Labute approximate surface area is 156 Å². The van der Waals surface area contributed by atoms with Crippen LogP contribution in [0, 0.1) is 0 Å². The van der Waals surface area contributed by atoms with E-state index in [0.29, 0.717) is 6.42 Å². The molecule has 0 aromatic rings. The zero-order valence-corrected chi connectivity index (χ0v) is 16.4. The fourth-order valence-electron chi connectivity index (χ4n) is 2.83. The van der Waals surface area contributed by atoms with Crippen molar-refractivity contribution in [1.82, 2.24) is 0 Å². The molecule has 0 spiro atoms. The Hall–Kier alpha value is -1.31. The molecule has 0 aliphatic carbocycles. The molecular formula is C23H40O2. The summed E-state index contributed by atoms with van der Waals surface area (Å²) in [6.45, 7) is 2.06. The molecule has 0 aromatic heterocycles. The smallest absolute Gasteiger partial charge is 0.303 e. The SMILES string of the molecule is CC=CCC=CCC=CCCCCCCCCCCCCCC(=O)O. The summed E-state index contributed by atoms with van der Waals surface area (Å²) in [5, 5.41) is 8.56. The summed E-state index contributed by atoms with van der Waals surface area (Å²) in [7, 11) is 0. The summed E-state index contributed by atoms with van der Waals surface area (Å²) in [6.07, 6.45) is 30.8. The summed E-state index contributed by atoms with van der Waals surface area (Å²) in [4.78, 5) is 10.4. The maximum Gasteiger partial charge on any atom is 0.303 e. The van der Waals surface area contributed by atoms with Gasteiger partial charge < -0.3 is 5.11 Å². The van der Waals surface area contributed by atoms with Crippen LogP contribution in [0.25, 0.3) is 0 Å². The highest BCUT2D eigenvalue weighted by atomic mass is 16.4. The van der Waals surface area contributed by atoms with Crippen LogP contribution in [-0.4, -0.2) is 11.1 Å². The monoisotopic (exact) mass is 348 g/mol. The van der Waals surface area contributed by atoms with Crippen molar-refractivity contribution < 1.29 is 9.90 Å². The van der Waals surface area contributed by atoms with E-state index in [2.05, 4.69) is 43.4 Å². The van der Waals surface area contributed by atoms with Gasteiger partial charge in [0.25, 0.3) is 0 Å². The van der Waals surface area contributed by atoms with E-state index in [1.165, 1.54) is 64.2 Å². The Morgan fingerprint density at radius 3 is 1.60 bits per heavy atom. The molecule has 0 aliphatic heterocycles. The van der Waals surface area contributed by atoms with Crippen LogP contribution in [0.5, 0.6) is 0 Å². The van der Waals surface area contributed by atoms with Crippen molar-refractivity contribution in [3.8, 4) is 0 Å². The molecule has 0 amide bonds. The number of allylic oxidation sites excluding steroid dienone is 6. The molecule has 0 saturated carbocycles. The van der Waals surface area contributed by atoms with E-state index in [-0.39, 0.29) is 0 Å². The molecule has 2 heteroatoms. The Morgan fingerprint density at radius 1 is 0.640 bits per heavy atom. The highest BCUT2D eigenvalue weighted by molar-refractivity contribution is 5.66. The standard InChI is InChI=1S/C23H40O2/c1-2-3-4-5-6-7-8-9-10-11-12-13-14-15-16-17-18-19-20-21-22-23(24)25/h2-3,5-6,8-9H,4,7,10-22H2,1H3,(H,24,25). The molecule has 0 unspecified atom stereocenters. The zero-order valence-electron chi connectivity index (χ0n) is 16.4. The summed E-state index contributed by atoms with van der Waals surface area (Å²) in [6, 6.07) is 0. The van der Waals surface area contributed by atoms with Crippen molar-refractivity contribution >= 4 is 5.97 Å². The van der Waals surface area contributed by atoms with Gasteiger partial charge in [0.2, 0.25) is 0 Å². The van der Waals surface area contributed by atoms with Crippen LogP contribution in [-0.2, 0) is 4.79 Å². The van der Waals surface area contributed by atoms with Crippen molar-refractivity contribution in [2.24, 2.45) is 0 Å². The first-order valence-electron chi connectivity index (χ1n) is 10.4. The number of unbranched alkanes of at least 4 members (excludes halogenated alkanes) is 11. The van der Waals surface area contributed by atoms with E-state index in [1.807, 2.05) is 0 Å². The van der Waals surface area contributed by atoms with Gasteiger partial charge in [-0.05, 0) is 39.0 Å². The number of hydrogen-bond donors (Lipinski definition) is 1. The molecular weight excluding hydrogens is 308 g/mol. The van der Waals surface area contributed by atoms with Crippen LogP contribution in [0.1, 0.15) is 103 Å². The summed E-state index contributed by atoms with van der Waals surface area (Å²) in [5.74, 6) is -0.660. The lowest BCUT2D eigenvalue weighted by Gasteiger charge is -2.02. The minimum absolute atomic E-state index is 0.336. The van der Waals surface area contributed by atoms with E-state index >= 15 is 0 Å². The third kappa shape index (κ3) is 22.7. The minimum Gasteiger partial charge on any atom is -0.481 e. The van der Waals surface area contributed by atoms with Gasteiger partial charge in [-0.3, -0.25) is 4.79 Å². The number of rotatable bonds is 18. The van der Waals surface area contributed by atoms with Crippen LogP contribution < -0.4 is 0 Å². The summed E-state index contributed by atoms with van der Waals surface area (Å²) in [5.41, 5.74) is 0. The van der Waals surface area contributed by atoms with Gasteiger partial charge in [-0.25, -0.2) is 0 Å². The maximum atomic E-state index is 10.4. The quantitative estimate of drug-likeness (QED) is 0.204. The van der Waals surface area contributed by atoms with Gasteiger partial charge in [-0.1, -0.05) is 94.2 Å². The average Bonchev–Trinajstić information content (AvgIpc) is 2.60. The zero-order chi connectivity index (χ0) is 18.4. The molecule has 0 radical (unpaired) electrons. The summed E-state index contributed by atoms with van der Waals surface area (Å²) < 4.78 is 0. The van der Waals surface area contributed by atoms with Crippen LogP contribution in [0.15, 0.2) is 36.5 Å². The van der Waals surface area contributed by atoms with Crippen molar-refractivity contribution in [3.05, 3.63) is 36.5 Å². The van der Waals surface area contributed by atoms with Crippen LogP contribution >= 0.6 is 0 Å². The lowest BCUT2D eigenvalue weighted by Crippen LogP contribution is -1.93. The van der Waals surface area contributed by atoms with E-state index in [0.717, 1.165) is 25.7 Å². The molecule has 0 bridgehead atoms. The lowest BCUT2D eigenvalue weighted by atomic mass is 10.0. The molecule has 0 aromatic carbocycles. The molecule has 0 aliphatic rings. The first kappa shape index (κ1) is 23.7. The van der Waals surface area contributed by atoms with E-state index in [4.69, 9.17) is 5.11 Å². The van der Waals surface area contributed by atoms with E-state index in [9.17, 15) is 4.79 Å². The topological polar surface area (TPSA) is 37.3 Å². The average molecular weight is 349 g/mol. The third-order valence-electron chi connectivity index (χ3n) is 4.37. The van der Waals surface area contributed by atoms with Crippen LogP contribution in [0.4, 0.5) is 0 Å². The van der Waals surface area contributed by atoms with Crippen molar-refractivity contribution in [3.63, 3.8) is 0 Å². The largest absolute Gasteiger partial charge is 0.481 e. The fourth-order valence-corrected chi connectivity index (χ4v) is 2.83. The van der Waals surface area contributed by atoms with Gasteiger partial charge in [0.1, 0.15) is 0 Å². The predicted molar refractivity (Wildman–Crippen MR) is 110 cm³/mol. The van der Waals surface area contributed by atoms with Gasteiger partial charge in [-0.2, -0.15) is 0 Å². The molecule has 1 N–H and O–H groups in total. The normalized spacial score (nSPS) is 12.0. The minimum atomic E-state index is -0.660. The molecule has 0 fully saturated rings. The number of aliphatic carboxylic acids is 1.